The summed E-state index contributed by atoms with van der Waals surface area (Å²) in [6.45, 7) is 0. The Morgan fingerprint density at radius 1 is 1.17 bits per heavy atom. The molecule has 1 aromatic carbocycles. The van der Waals surface area contributed by atoms with Gasteiger partial charge in [0, 0.05) is 24.1 Å². The highest BCUT2D eigenvalue weighted by Gasteiger charge is 2.25. The van der Waals surface area contributed by atoms with Gasteiger partial charge in [-0.25, -0.2) is 4.98 Å². The van der Waals surface area contributed by atoms with Crippen molar-refractivity contribution in [3.05, 3.63) is 48.5 Å². The van der Waals surface area contributed by atoms with Crippen molar-refractivity contribution in [3.8, 4) is 0 Å². The molecule has 4 rings (SSSR count). The third-order valence-corrected chi connectivity index (χ3v) is 4.61. The van der Waals surface area contributed by atoms with E-state index >= 15 is 0 Å². The molecular formula is C16H17N7S. The van der Waals surface area contributed by atoms with Crippen molar-refractivity contribution >= 4 is 29.3 Å². The molecule has 3 aromatic rings. The highest BCUT2D eigenvalue weighted by atomic mass is 32.2. The highest BCUT2D eigenvalue weighted by Crippen LogP contribution is 2.38. The van der Waals surface area contributed by atoms with Crippen LogP contribution < -0.4 is 11.1 Å². The van der Waals surface area contributed by atoms with Gasteiger partial charge in [0.05, 0.1) is 5.75 Å². The largest absolute Gasteiger partial charge is 0.368 e. The molecule has 2 heterocycles. The second-order valence-electron chi connectivity index (χ2n) is 5.56. The summed E-state index contributed by atoms with van der Waals surface area (Å²) in [5.74, 6) is 1.90. The first-order valence-corrected chi connectivity index (χ1v) is 8.74. The first kappa shape index (κ1) is 14.9. The number of thioether (sulfide) groups is 1. The zero-order chi connectivity index (χ0) is 16.4. The van der Waals surface area contributed by atoms with E-state index in [1.165, 1.54) is 12.8 Å². The predicted molar refractivity (Wildman–Crippen MR) is 94.0 cm³/mol. The Labute approximate surface area is 143 Å². The summed E-state index contributed by atoms with van der Waals surface area (Å²) in [4.78, 5) is 17.2. The number of aromatic nitrogens is 5. The molecule has 0 unspecified atom stereocenters. The first-order valence-electron chi connectivity index (χ1n) is 7.76. The number of nitrogens with two attached hydrogens (primary N) is 1. The van der Waals surface area contributed by atoms with E-state index in [0.29, 0.717) is 23.6 Å². The summed E-state index contributed by atoms with van der Waals surface area (Å²) >= 11 is 1.61. The zero-order valence-corrected chi connectivity index (χ0v) is 13.8. The molecule has 0 aliphatic heterocycles. The Kier molecular flexibility index (Phi) is 4.04. The molecule has 3 N–H and O–H groups in total. The third-order valence-electron chi connectivity index (χ3n) is 3.63. The molecule has 0 bridgehead atoms. The standard InChI is InChI=1S/C16H17N7S/c17-14-20-13(10-24-16-18-8-9-23(16)12-6-7-12)21-15(22-14)19-11-4-2-1-3-5-11/h1-5,8-9,12H,6-7,10H2,(H3,17,19,20,21,22). The van der Waals surface area contributed by atoms with Crippen LogP contribution in [0.1, 0.15) is 24.7 Å². The average molecular weight is 339 g/mol. The number of hydrogen-bond acceptors (Lipinski definition) is 7. The van der Waals surface area contributed by atoms with E-state index in [2.05, 4.69) is 29.8 Å². The van der Waals surface area contributed by atoms with Crippen molar-refractivity contribution < 1.29 is 0 Å². The number of para-hydroxylation sites is 1. The lowest BCUT2D eigenvalue weighted by Crippen LogP contribution is -2.06. The smallest absolute Gasteiger partial charge is 0.232 e. The molecule has 0 saturated heterocycles. The van der Waals surface area contributed by atoms with Gasteiger partial charge in [0.15, 0.2) is 5.16 Å². The molecule has 0 spiro atoms. The summed E-state index contributed by atoms with van der Waals surface area (Å²) < 4.78 is 2.22. The number of imidazole rings is 1. The lowest BCUT2D eigenvalue weighted by atomic mass is 10.3. The Bertz CT molecular complexity index is 829. The van der Waals surface area contributed by atoms with Gasteiger partial charge in [-0.2, -0.15) is 15.0 Å². The van der Waals surface area contributed by atoms with E-state index in [0.717, 1.165) is 10.8 Å². The van der Waals surface area contributed by atoms with Crippen LogP contribution in [0.4, 0.5) is 17.6 Å². The first-order chi connectivity index (χ1) is 11.8. The van der Waals surface area contributed by atoms with Crippen LogP contribution in [0.15, 0.2) is 47.9 Å². The number of nitrogens with zero attached hydrogens (tertiary/aromatic N) is 5. The van der Waals surface area contributed by atoms with Gasteiger partial charge < -0.3 is 15.6 Å². The molecule has 0 radical (unpaired) electrons. The summed E-state index contributed by atoms with van der Waals surface area (Å²) in [6.07, 6.45) is 6.33. The summed E-state index contributed by atoms with van der Waals surface area (Å²) in [5, 5.41) is 4.14. The van der Waals surface area contributed by atoms with E-state index in [1.807, 2.05) is 42.7 Å². The van der Waals surface area contributed by atoms with Crippen LogP contribution >= 0.6 is 11.8 Å². The quantitative estimate of drug-likeness (QED) is 0.667. The second kappa shape index (κ2) is 6.48. The van der Waals surface area contributed by atoms with Gasteiger partial charge in [0.25, 0.3) is 0 Å². The maximum atomic E-state index is 5.82. The minimum atomic E-state index is 0.213. The van der Waals surface area contributed by atoms with Crippen molar-refractivity contribution in [2.45, 2.75) is 29.8 Å². The third kappa shape index (κ3) is 3.48. The van der Waals surface area contributed by atoms with Crippen molar-refractivity contribution in [1.82, 2.24) is 24.5 Å². The van der Waals surface area contributed by atoms with Gasteiger partial charge in [-0.05, 0) is 25.0 Å². The van der Waals surface area contributed by atoms with Gasteiger partial charge in [0.2, 0.25) is 11.9 Å². The summed E-state index contributed by atoms with van der Waals surface area (Å²) in [5.41, 5.74) is 6.73. The van der Waals surface area contributed by atoms with Crippen LogP contribution in [-0.2, 0) is 5.75 Å². The van der Waals surface area contributed by atoms with Gasteiger partial charge in [-0.1, -0.05) is 30.0 Å². The fraction of sp³-hybridized carbons (Fsp3) is 0.250. The lowest BCUT2D eigenvalue weighted by molar-refractivity contribution is 0.662. The SMILES string of the molecule is Nc1nc(CSc2nccn2C2CC2)nc(Nc2ccccc2)n1. The van der Waals surface area contributed by atoms with Crippen LogP contribution in [-0.4, -0.2) is 24.5 Å². The Morgan fingerprint density at radius 2 is 2.00 bits per heavy atom. The van der Waals surface area contributed by atoms with E-state index in [1.54, 1.807) is 11.8 Å². The molecule has 0 amide bonds. The molecule has 2 aromatic heterocycles. The van der Waals surface area contributed by atoms with Crippen LogP contribution in [0.25, 0.3) is 0 Å². The second-order valence-corrected chi connectivity index (χ2v) is 6.50. The summed E-state index contributed by atoms with van der Waals surface area (Å²) in [6, 6.07) is 10.3. The average Bonchev–Trinajstić information content (AvgIpc) is 3.32. The molecule has 7 nitrogen and oxygen atoms in total. The lowest BCUT2D eigenvalue weighted by Gasteiger charge is -2.08. The molecule has 1 aliphatic rings. The Hall–Kier alpha value is -2.61. The number of benzene rings is 1. The van der Waals surface area contributed by atoms with E-state index < -0.39 is 0 Å². The molecule has 122 valence electrons. The molecule has 8 heteroatoms. The Morgan fingerprint density at radius 3 is 2.79 bits per heavy atom. The molecule has 1 aliphatic carbocycles. The predicted octanol–water partition coefficient (Wildman–Crippen LogP) is 3.02. The van der Waals surface area contributed by atoms with Crippen LogP contribution in [0.2, 0.25) is 0 Å². The minimum absolute atomic E-state index is 0.213. The summed E-state index contributed by atoms with van der Waals surface area (Å²) in [7, 11) is 0. The van der Waals surface area contributed by atoms with Crippen LogP contribution in [0.5, 0.6) is 0 Å². The fourth-order valence-electron chi connectivity index (χ4n) is 2.38. The number of hydrogen-bond donors (Lipinski definition) is 2. The number of nitrogens with one attached hydrogen (secondary N) is 1. The monoisotopic (exact) mass is 339 g/mol. The van der Waals surface area contributed by atoms with Crippen molar-refractivity contribution in [1.29, 1.82) is 0 Å². The normalized spacial score (nSPS) is 13.8. The van der Waals surface area contributed by atoms with Crippen molar-refractivity contribution in [2.75, 3.05) is 11.1 Å². The van der Waals surface area contributed by atoms with Crippen molar-refractivity contribution in [2.24, 2.45) is 0 Å². The zero-order valence-electron chi connectivity index (χ0n) is 13.0. The molecular weight excluding hydrogens is 322 g/mol. The van der Waals surface area contributed by atoms with Crippen molar-refractivity contribution in [3.63, 3.8) is 0 Å². The maximum absolute atomic E-state index is 5.82. The van der Waals surface area contributed by atoms with E-state index in [9.17, 15) is 0 Å². The number of rotatable bonds is 6. The van der Waals surface area contributed by atoms with Crippen LogP contribution in [0, 0.1) is 0 Å². The number of nitrogen functional groups attached to an aromatic ring is 1. The molecule has 24 heavy (non-hydrogen) atoms. The van der Waals surface area contributed by atoms with Gasteiger partial charge in [-0.3, -0.25) is 0 Å². The van der Waals surface area contributed by atoms with Gasteiger partial charge >= 0.3 is 0 Å². The van der Waals surface area contributed by atoms with Crippen LogP contribution in [0.3, 0.4) is 0 Å². The fourth-order valence-corrected chi connectivity index (χ4v) is 3.26. The Balaban J connectivity index is 1.47. The maximum Gasteiger partial charge on any atom is 0.232 e. The van der Waals surface area contributed by atoms with Gasteiger partial charge in [0.1, 0.15) is 5.82 Å². The topological polar surface area (TPSA) is 94.5 Å². The highest BCUT2D eigenvalue weighted by molar-refractivity contribution is 7.98. The number of anilines is 3. The van der Waals surface area contributed by atoms with E-state index in [4.69, 9.17) is 5.73 Å². The van der Waals surface area contributed by atoms with Gasteiger partial charge in [-0.15, -0.1) is 0 Å². The molecule has 1 fully saturated rings. The minimum Gasteiger partial charge on any atom is -0.368 e. The van der Waals surface area contributed by atoms with E-state index in [-0.39, 0.29) is 5.95 Å². The molecule has 1 saturated carbocycles. The molecule has 0 atom stereocenters.